The summed E-state index contributed by atoms with van der Waals surface area (Å²) >= 11 is 0. The van der Waals surface area contributed by atoms with E-state index in [0.717, 1.165) is 12.2 Å². The molecular formula is C8H14N4O2. The van der Waals surface area contributed by atoms with Gasteiger partial charge < -0.3 is 15.2 Å². The fourth-order valence-corrected chi connectivity index (χ4v) is 1.54. The molecule has 0 bridgehead atoms. The number of aliphatic hydroxyl groups is 1. The summed E-state index contributed by atoms with van der Waals surface area (Å²) in [5, 5.41) is 20.1. The van der Waals surface area contributed by atoms with Gasteiger partial charge in [0.15, 0.2) is 0 Å². The van der Waals surface area contributed by atoms with Crippen molar-refractivity contribution < 1.29 is 9.84 Å². The topological polar surface area (TPSA) is 72.2 Å². The van der Waals surface area contributed by atoms with Gasteiger partial charge in [0.05, 0.1) is 24.9 Å². The third kappa shape index (κ3) is 1.58. The highest BCUT2D eigenvalue weighted by Crippen LogP contribution is 2.22. The van der Waals surface area contributed by atoms with Gasteiger partial charge in [-0.1, -0.05) is 5.21 Å². The zero-order chi connectivity index (χ0) is 10.0. The van der Waals surface area contributed by atoms with E-state index in [2.05, 4.69) is 15.6 Å². The van der Waals surface area contributed by atoms with E-state index in [1.807, 2.05) is 0 Å². The second kappa shape index (κ2) is 3.55. The van der Waals surface area contributed by atoms with Gasteiger partial charge in [0.1, 0.15) is 5.82 Å². The SMILES string of the molecule is Cn1nncc1NC1(CO)CCOC1. The lowest BCUT2D eigenvalue weighted by molar-refractivity contribution is 0.152. The van der Waals surface area contributed by atoms with Crippen LogP contribution in [0.5, 0.6) is 0 Å². The molecule has 0 amide bonds. The average Bonchev–Trinajstić information content (AvgIpc) is 2.79. The van der Waals surface area contributed by atoms with Crippen molar-refractivity contribution >= 4 is 5.82 Å². The van der Waals surface area contributed by atoms with Gasteiger partial charge in [-0.25, -0.2) is 4.68 Å². The molecule has 0 aliphatic carbocycles. The number of nitrogens with zero attached hydrogens (tertiary/aromatic N) is 3. The van der Waals surface area contributed by atoms with Crippen molar-refractivity contribution in [3.8, 4) is 0 Å². The molecule has 2 rings (SSSR count). The molecule has 1 aromatic rings. The highest BCUT2D eigenvalue weighted by atomic mass is 16.5. The number of ether oxygens (including phenoxy) is 1. The molecule has 1 unspecified atom stereocenters. The van der Waals surface area contributed by atoms with Gasteiger partial charge in [0, 0.05) is 13.7 Å². The van der Waals surface area contributed by atoms with E-state index in [-0.39, 0.29) is 12.1 Å². The van der Waals surface area contributed by atoms with Gasteiger partial charge in [-0.05, 0) is 6.42 Å². The second-order valence-corrected chi connectivity index (χ2v) is 3.61. The minimum absolute atomic E-state index is 0.0537. The van der Waals surface area contributed by atoms with Crippen LogP contribution in [0.15, 0.2) is 6.20 Å². The third-order valence-corrected chi connectivity index (χ3v) is 2.51. The summed E-state index contributed by atoms with van der Waals surface area (Å²) in [5.41, 5.74) is -0.366. The molecule has 0 saturated carbocycles. The van der Waals surface area contributed by atoms with E-state index in [9.17, 15) is 5.11 Å². The minimum atomic E-state index is -0.366. The van der Waals surface area contributed by atoms with Crippen molar-refractivity contribution in [3.63, 3.8) is 0 Å². The molecule has 1 aliphatic rings. The number of rotatable bonds is 3. The normalized spacial score (nSPS) is 26.7. The minimum Gasteiger partial charge on any atom is -0.394 e. The van der Waals surface area contributed by atoms with Crippen LogP contribution in [0.25, 0.3) is 0 Å². The van der Waals surface area contributed by atoms with E-state index in [0.29, 0.717) is 13.2 Å². The highest BCUT2D eigenvalue weighted by molar-refractivity contribution is 5.35. The summed E-state index contributed by atoms with van der Waals surface area (Å²) in [6.07, 6.45) is 2.43. The number of anilines is 1. The number of aromatic nitrogens is 3. The van der Waals surface area contributed by atoms with Gasteiger partial charge in [0.2, 0.25) is 0 Å². The molecule has 2 N–H and O–H groups in total. The summed E-state index contributed by atoms with van der Waals surface area (Å²) in [6.45, 7) is 1.26. The number of nitrogens with one attached hydrogen (secondary N) is 1. The highest BCUT2D eigenvalue weighted by Gasteiger charge is 2.34. The lowest BCUT2D eigenvalue weighted by Crippen LogP contribution is -2.43. The predicted molar refractivity (Wildman–Crippen MR) is 49.9 cm³/mol. The Morgan fingerprint density at radius 1 is 1.79 bits per heavy atom. The van der Waals surface area contributed by atoms with Gasteiger partial charge in [0.25, 0.3) is 0 Å². The van der Waals surface area contributed by atoms with Crippen molar-refractivity contribution in [2.75, 3.05) is 25.1 Å². The molecule has 1 aliphatic heterocycles. The molecule has 78 valence electrons. The molecular weight excluding hydrogens is 184 g/mol. The van der Waals surface area contributed by atoms with Crippen LogP contribution in [-0.4, -0.2) is 45.5 Å². The first-order chi connectivity index (χ1) is 6.76. The molecule has 0 spiro atoms. The Morgan fingerprint density at radius 3 is 3.14 bits per heavy atom. The summed E-state index contributed by atoms with van der Waals surface area (Å²) in [6, 6.07) is 0. The molecule has 0 radical (unpaired) electrons. The van der Waals surface area contributed by atoms with Crippen LogP contribution in [0.1, 0.15) is 6.42 Å². The Hall–Kier alpha value is -1.14. The van der Waals surface area contributed by atoms with Crippen molar-refractivity contribution in [1.29, 1.82) is 0 Å². The maximum Gasteiger partial charge on any atom is 0.145 e. The maximum atomic E-state index is 9.31. The van der Waals surface area contributed by atoms with E-state index in [1.54, 1.807) is 17.9 Å². The van der Waals surface area contributed by atoms with Crippen LogP contribution < -0.4 is 5.32 Å². The van der Waals surface area contributed by atoms with E-state index in [1.165, 1.54) is 0 Å². The number of hydrogen-bond donors (Lipinski definition) is 2. The first-order valence-corrected chi connectivity index (χ1v) is 4.57. The molecule has 6 nitrogen and oxygen atoms in total. The van der Waals surface area contributed by atoms with Crippen molar-refractivity contribution in [2.24, 2.45) is 7.05 Å². The summed E-state index contributed by atoms with van der Waals surface area (Å²) in [5.74, 6) is 0.796. The quantitative estimate of drug-likeness (QED) is 0.677. The second-order valence-electron chi connectivity index (χ2n) is 3.61. The Labute approximate surface area is 81.9 Å². The molecule has 1 saturated heterocycles. The van der Waals surface area contributed by atoms with Crippen LogP contribution >= 0.6 is 0 Å². The molecule has 1 atom stereocenters. The Bertz CT molecular complexity index is 306. The van der Waals surface area contributed by atoms with Crippen molar-refractivity contribution in [3.05, 3.63) is 6.20 Å². The smallest absolute Gasteiger partial charge is 0.145 e. The zero-order valence-electron chi connectivity index (χ0n) is 8.10. The lowest BCUT2D eigenvalue weighted by atomic mass is 10.0. The van der Waals surface area contributed by atoms with Crippen LogP contribution in [0.4, 0.5) is 5.82 Å². The molecule has 14 heavy (non-hydrogen) atoms. The number of aryl methyl sites for hydroxylation is 1. The summed E-state index contributed by atoms with van der Waals surface area (Å²) < 4.78 is 6.90. The van der Waals surface area contributed by atoms with Crippen molar-refractivity contribution in [1.82, 2.24) is 15.0 Å². The molecule has 1 fully saturated rings. The molecule has 1 aromatic heterocycles. The van der Waals surface area contributed by atoms with Gasteiger partial charge in [-0.2, -0.15) is 0 Å². The summed E-state index contributed by atoms with van der Waals surface area (Å²) in [4.78, 5) is 0. The van der Waals surface area contributed by atoms with Crippen LogP contribution in [0.3, 0.4) is 0 Å². The van der Waals surface area contributed by atoms with Gasteiger partial charge in [-0.15, -0.1) is 5.10 Å². The predicted octanol–water partition coefficient (Wildman–Crippen LogP) is -0.622. The summed E-state index contributed by atoms with van der Waals surface area (Å²) in [7, 11) is 1.80. The van der Waals surface area contributed by atoms with Gasteiger partial charge >= 0.3 is 0 Å². The van der Waals surface area contributed by atoms with E-state index in [4.69, 9.17) is 4.74 Å². The average molecular weight is 198 g/mol. The fraction of sp³-hybridized carbons (Fsp3) is 0.750. The van der Waals surface area contributed by atoms with E-state index < -0.39 is 0 Å². The third-order valence-electron chi connectivity index (χ3n) is 2.51. The largest absolute Gasteiger partial charge is 0.394 e. The molecule has 2 heterocycles. The Morgan fingerprint density at radius 2 is 2.64 bits per heavy atom. The van der Waals surface area contributed by atoms with Crippen LogP contribution in [0, 0.1) is 0 Å². The number of aliphatic hydroxyl groups excluding tert-OH is 1. The first kappa shape index (κ1) is 9.42. The number of hydrogen-bond acceptors (Lipinski definition) is 5. The van der Waals surface area contributed by atoms with E-state index >= 15 is 0 Å². The fourth-order valence-electron chi connectivity index (χ4n) is 1.54. The maximum absolute atomic E-state index is 9.31. The molecule has 0 aromatic carbocycles. The van der Waals surface area contributed by atoms with Crippen molar-refractivity contribution in [2.45, 2.75) is 12.0 Å². The standard InChI is InChI=1S/C8H14N4O2/c1-12-7(4-9-11-12)10-8(5-13)2-3-14-6-8/h4,10,13H,2-3,5-6H2,1H3. The Balaban J connectivity index is 2.12. The van der Waals surface area contributed by atoms with Crippen LogP contribution in [-0.2, 0) is 11.8 Å². The Kier molecular flexibility index (Phi) is 2.39. The lowest BCUT2D eigenvalue weighted by Gasteiger charge is -2.26. The zero-order valence-corrected chi connectivity index (χ0v) is 8.10. The van der Waals surface area contributed by atoms with Crippen LogP contribution in [0.2, 0.25) is 0 Å². The van der Waals surface area contributed by atoms with Gasteiger partial charge in [-0.3, -0.25) is 0 Å². The monoisotopic (exact) mass is 198 g/mol. The molecule has 6 heteroatoms. The first-order valence-electron chi connectivity index (χ1n) is 4.57.